The smallest absolute Gasteiger partial charge is 0.253 e. The van der Waals surface area contributed by atoms with Crippen molar-refractivity contribution >= 4 is 11.6 Å². The molecule has 6 nitrogen and oxygen atoms in total. The van der Waals surface area contributed by atoms with Crippen molar-refractivity contribution in [3.8, 4) is 0 Å². The first kappa shape index (κ1) is 25.7. The number of halogens is 1. The van der Waals surface area contributed by atoms with Gasteiger partial charge in [0.05, 0.1) is 0 Å². The van der Waals surface area contributed by atoms with Crippen molar-refractivity contribution in [2.45, 2.75) is 83.6 Å². The van der Waals surface area contributed by atoms with E-state index in [9.17, 15) is 14.0 Å². The first-order chi connectivity index (χ1) is 17.9. The van der Waals surface area contributed by atoms with Crippen LogP contribution in [0, 0.1) is 6.92 Å². The van der Waals surface area contributed by atoms with Gasteiger partial charge in [-0.05, 0) is 88.1 Å². The Balaban J connectivity index is 1.39. The lowest BCUT2D eigenvalue weighted by atomic mass is 9.87. The quantitative estimate of drug-likeness (QED) is 0.602. The van der Waals surface area contributed by atoms with E-state index in [2.05, 4.69) is 45.2 Å². The lowest BCUT2D eigenvalue weighted by molar-refractivity contribution is 0.0120. The first-order valence-corrected chi connectivity index (χ1v) is 13.9. The molecule has 2 aliphatic heterocycles. The zero-order chi connectivity index (χ0) is 25.9. The van der Waals surface area contributed by atoms with Gasteiger partial charge in [-0.2, -0.15) is 0 Å². The van der Waals surface area contributed by atoms with Crippen LogP contribution in [-0.4, -0.2) is 53.7 Å². The summed E-state index contributed by atoms with van der Waals surface area (Å²) in [5.74, 6) is -0.143. The number of rotatable bonds is 4. The number of carbonyl (C=O) groups is 1. The number of likely N-dealkylation sites (tertiary alicyclic amines) is 1. The van der Waals surface area contributed by atoms with E-state index in [1.54, 1.807) is 0 Å². The summed E-state index contributed by atoms with van der Waals surface area (Å²) < 4.78 is 13.4. The second-order valence-electron chi connectivity index (χ2n) is 10.8. The summed E-state index contributed by atoms with van der Waals surface area (Å²) in [7, 11) is 0. The highest BCUT2D eigenvalue weighted by molar-refractivity contribution is 5.97. The van der Waals surface area contributed by atoms with Gasteiger partial charge in [0, 0.05) is 60.8 Å². The molecule has 37 heavy (non-hydrogen) atoms. The highest BCUT2D eigenvalue weighted by Crippen LogP contribution is 2.34. The second-order valence-corrected chi connectivity index (χ2v) is 10.8. The van der Waals surface area contributed by atoms with E-state index >= 15 is 0 Å². The Labute approximate surface area is 218 Å². The standard InChI is InChI=1S/C30H39FN4O2/c1-3-35(24-14-12-23(13-15-24)34-18-22(31)19-34)28-11-7-10-26-25(28)9-6-4-5-8-21-16-20(2)33-30(37)27(21)17-32-29(26)36/h4,6-7,10-11,16,22-24H,3,5,8-9,12-15,17-19H2,1-2H3,(H,32,36)(H,33,37)/b6-4+/t23-,24+. The molecule has 3 aliphatic rings. The van der Waals surface area contributed by atoms with Gasteiger partial charge in [-0.15, -0.1) is 0 Å². The molecule has 1 saturated carbocycles. The van der Waals surface area contributed by atoms with Gasteiger partial charge in [-0.3, -0.25) is 14.5 Å². The number of fused-ring (bicyclic) bond motifs is 2. The van der Waals surface area contributed by atoms with Crippen molar-refractivity contribution in [3.63, 3.8) is 0 Å². The van der Waals surface area contributed by atoms with Gasteiger partial charge in [0.1, 0.15) is 6.17 Å². The highest BCUT2D eigenvalue weighted by atomic mass is 19.1. The fourth-order valence-electron chi connectivity index (χ4n) is 6.41. The van der Waals surface area contributed by atoms with E-state index in [1.165, 1.54) is 0 Å². The number of H-pyrrole nitrogens is 1. The molecule has 7 heteroatoms. The number of aromatic amines is 1. The minimum Gasteiger partial charge on any atom is -0.369 e. The van der Waals surface area contributed by atoms with E-state index in [1.807, 2.05) is 25.1 Å². The van der Waals surface area contributed by atoms with Gasteiger partial charge >= 0.3 is 0 Å². The number of aryl methyl sites for hydroxylation is 2. The van der Waals surface area contributed by atoms with E-state index in [0.29, 0.717) is 42.7 Å². The highest BCUT2D eigenvalue weighted by Gasteiger charge is 2.36. The molecule has 1 aromatic heterocycles. The summed E-state index contributed by atoms with van der Waals surface area (Å²) in [4.78, 5) is 33.7. The second kappa shape index (κ2) is 11.2. The summed E-state index contributed by atoms with van der Waals surface area (Å²) in [6.45, 7) is 6.35. The minimum atomic E-state index is -0.648. The van der Waals surface area contributed by atoms with Crippen molar-refractivity contribution in [3.05, 3.63) is 74.7 Å². The fraction of sp³-hybridized carbons (Fsp3) is 0.533. The maximum atomic E-state index is 13.4. The van der Waals surface area contributed by atoms with Crippen molar-refractivity contribution in [1.29, 1.82) is 0 Å². The molecule has 1 saturated heterocycles. The van der Waals surface area contributed by atoms with Crippen LogP contribution in [0.5, 0.6) is 0 Å². The predicted molar refractivity (Wildman–Crippen MR) is 146 cm³/mol. The van der Waals surface area contributed by atoms with Crippen LogP contribution in [0.4, 0.5) is 10.1 Å². The summed E-state index contributed by atoms with van der Waals surface area (Å²) in [5.41, 5.74) is 5.19. The Kier molecular flexibility index (Phi) is 7.79. The number of hydrogen-bond donors (Lipinski definition) is 2. The Morgan fingerprint density at radius 1 is 1.08 bits per heavy atom. The molecule has 5 rings (SSSR count). The third-order valence-electron chi connectivity index (χ3n) is 8.39. The van der Waals surface area contributed by atoms with Crippen LogP contribution in [0.1, 0.15) is 71.8 Å². The van der Waals surface area contributed by atoms with Crippen LogP contribution < -0.4 is 15.8 Å². The molecule has 2 N–H and O–H groups in total. The number of nitrogens with zero attached hydrogens (tertiary/aromatic N) is 2. The van der Waals surface area contributed by atoms with Crippen molar-refractivity contribution in [1.82, 2.24) is 15.2 Å². The largest absolute Gasteiger partial charge is 0.369 e. The number of aromatic nitrogens is 1. The Morgan fingerprint density at radius 3 is 2.59 bits per heavy atom. The molecule has 2 aromatic rings. The maximum Gasteiger partial charge on any atom is 0.253 e. The number of anilines is 1. The van der Waals surface area contributed by atoms with Gasteiger partial charge in [-0.1, -0.05) is 18.2 Å². The van der Waals surface area contributed by atoms with E-state index in [-0.39, 0.29) is 18.0 Å². The van der Waals surface area contributed by atoms with Crippen LogP contribution >= 0.6 is 0 Å². The molecular formula is C30H39FN4O2. The van der Waals surface area contributed by atoms with Gasteiger partial charge in [0.2, 0.25) is 0 Å². The first-order valence-electron chi connectivity index (χ1n) is 13.9. The third kappa shape index (κ3) is 5.52. The van der Waals surface area contributed by atoms with Crippen molar-refractivity contribution in [2.24, 2.45) is 0 Å². The number of benzene rings is 1. The Morgan fingerprint density at radius 2 is 1.86 bits per heavy atom. The molecule has 0 atom stereocenters. The molecule has 198 valence electrons. The zero-order valence-corrected chi connectivity index (χ0v) is 22.1. The lowest BCUT2D eigenvalue weighted by Crippen LogP contribution is -2.55. The fourth-order valence-corrected chi connectivity index (χ4v) is 6.41. The van der Waals surface area contributed by atoms with Crippen LogP contribution in [0.2, 0.25) is 0 Å². The normalized spacial score (nSPS) is 24.0. The van der Waals surface area contributed by atoms with Gasteiger partial charge in [-0.25, -0.2) is 4.39 Å². The van der Waals surface area contributed by atoms with Gasteiger partial charge < -0.3 is 15.2 Å². The molecular weight excluding hydrogens is 467 g/mol. The summed E-state index contributed by atoms with van der Waals surface area (Å²) >= 11 is 0. The van der Waals surface area contributed by atoms with E-state index in [0.717, 1.165) is 67.6 Å². The van der Waals surface area contributed by atoms with Crippen LogP contribution in [0.15, 0.2) is 41.2 Å². The molecule has 3 heterocycles. The number of nitrogens with one attached hydrogen (secondary N) is 2. The number of allylic oxidation sites excluding steroid dienone is 2. The SMILES string of the molecule is CCN(c1cccc2c1C/C=C/CCc1cc(C)[nH]c(=O)c1CNC2=O)[C@H]1CC[C@@H](N2CC(F)C2)CC1. The number of amides is 1. The third-order valence-corrected chi connectivity index (χ3v) is 8.39. The van der Waals surface area contributed by atoms with E-state index in [4.69, 9.17) is 0 Å². The van der Waals surface area contributed by atoms with E-state index < -0.39 is 6.17 Å². The maximum absolute atomic E-state index is 13.4. The average Bonchev–Trinajstić information content (AvgIpc) is 2.86. The minimum absolute atomic E-state index is 0.127. The van der Waals surface area contributed by atoms with Crippen molar-refractivity contribution < 1.29 is 9.18 Å². The summed E-state index contributed by atoms with van der Waals surface area (Å²) in [5, 5.41) is 3.03. The molecule has 1 aliphatic carbocycles. The van der Waals surface area contributed by atoms with Crippen molar-refractivity contribution in [2.75, 3.05) is 24.5 Å². The number of hydrogen-bond acceptors (Lipinski definition) is 4. The average molecular weight is 507 g/mol. The monoisotopic (exact) mass is 506 g/mol. The molecule has 0 radical (unpaired) electrons. The van der Waals surface area contributed by atoms with Crippen LogP contribution in [0.3, 0.4) is 0 Å². The topological polar surface area (TPSA) is 68.4 Å². The zero-order valence-electron chi connectivity index (χ0n) is 22.1. The summed E-state index contributed by atoms with van der Waals surface area (Å²) in [6.07, 6.45) is 10.3. The predicted octanol–water partition coefficient (Wildman–Crippen LogP) is 4.45. The number of carbonyl (C=O) groups excluding carboxylic acids is 1. The lowest BCUT2D eigenvalue weighted by Gasteiger charge is -2.46. The Bertz CT molecular complexity index is 1210. The molecule has 0 unspecified atom stereocenters. The van der Waals surface area contributed by atoms with Crippen LogP contribution in [0.25, 0.3) is 0 Å². The van der Waals surface area contributed by atoms with Crippen LogP contribution in [-0.2, 0) is 19.4 Å². The van der Waals surface area contributed by atoms with Gasteiger partial charge in [0.25, 0.3) is 11.5 Å². The van der Waals surface area contributed by atoms with Gasteiger partial charge in [0.15, 0.2) is 0 Å². The number of alkyl halides is 1. The molecule has 0 bridgehead atoms. The summed E-state index contributed by atoms with van der Waals surface area (Å²) in [6, 6.07) is 8.95. The molecule has 1 aromatic carbocycles. The Hall–Kier alpha value is -2.93. The molecule has 0 spiro atoms. The molecule has 1 amide bonds. The molecule has 2 fully saturated rings. The number of pyridine rings is 1.